The third kappa shape index (κ3) is 6.28. The summed E-state index contributed by atoms with van der Waals surface area (Å²) in [6.45, 7) is 3.77. The number of benzene rings is 2. The van der Waals surface area contributed by atoms with Crippen LogP contribution in [0.4, 0.5) is 0 Å². The molecule has 2 aromatic rings. The Balaban J connectivity index is 1.84. The highest BCUT2D eigenvalue weighted by Crippen LogP contribution is 2.19. The van der Waals surface area contributed by atoms with Gasteiger partial charge < -0.3 is 9.47 Å². The lowest BCUT2D eigenvalue weighted by Gasteiger charge is -2.13. The summed E-state index contributed by atoms with van der Waals surface area (Å²) >= 11 is 0. The Kier molecular flexibility index (Phi) is 7.77. The Morgan fingerprint density at radius 3 is 2.39 bits per heavy atom. The summed E-state index contributed by atoms with van der Waals surface area (Å²) in [5.41, 5.74) is 5.60. The van der Waals surface area contributed by atoms with E-state index in [0.29, 0.717) is 23.5 Å². The predicted octanol–water partition coefficient (Wildman–Crippen LogP) is 2.49. The molecule has 0 aliphatic rings. The van der Waals surface area contributed by atoms with E-state index in [1.54, 1.807) is 48.5 Å². The van der Waals surface area contributed by atoms with Gasteiger partial charge in [-0.25, -0.2) is 4.79 Å². The van der Waals surface area contributed by atoms with Gasteiger partial charge in [0.1, 0.15) is 5.75 Å². The minimum atomic E-state index is -1.09. The van der Waals surface area contributed by atoms with E-state index in [4.69, 9.17) is 9.47 Å². The van der Waals surface area contributed by atoms with Gasteiger partial charge >= 0.3 is 5.97 Å². The van der Waals surface area contributed by atoms with E-state index in [2.05, 4.69) is 10.9 Å². The monoisotopic (exact) mass is 382 g/mol. The van der Waals surface area contributed by atoms with Gasteiger partial charge in [0.2, 0.25) is 0 Å². The summed E-state index contributed by atoms with van der Waals surface area (Å²) in [4.78, 5) is 35.8. The van der Waals surface area contributed by atoms with Gasteiger partial charge in [-0.2, -0.15) is 0 Å². The molecule has 0 heterocycles. The van der Waals surface area contributed by atoms with Crippen LogP contribution in [0.2, 0.25) is 0 Å². The van der Waals surface area contributed by atoms with E-state index in [-0.39, 0.29) is 0 Å². The van der Waals surface area contributed by atoms with Gasteiger partial charge in [0.25, 0.3) is 11.8 Å². The zero-order valence-electron chi connectivity index (χ0n) is 15.7. The van der Waals surface area contributed by atoms with E-state index >= 15 is 0 Å². The van der Waals surface area contributed by atoms with Crippen LogP contribution in [0.1, 0.15) is 29.8 Å². The second-order valence-electron chi connectivity index (χ2n) is 5.69. The summed E-state index contributed by atoms with van der Waals surface area (Å²) < 4.78 is 10.5. The van der Waals surface area contributed by atoms with Crippen molar-refractivity contribution in [2.75, 3.05) is 6.61 Å². The topological polar surface area (TPSA) is 93.7 Å². The van der Waals surface area contributed by atoms with Crippen molar-refractivity contribution in [1.29, 1.82) is 0 Å². The SMILES string of the molecule is CCOc1ccccc1/C=C/C(=O)O[C@@H](C)C(=O)NNC(=O)c1ccccc1. The molecule has 0 unspecified atom stereocenters. The summed E-state index contributed by atoms with van der Waals surface area (Å²) in [5, 5.41) is 0. The first kappa shape index (κ1) is 20.7. The summed E-state index contributed by atoms with van der Waals surface area (Å²) in [6.07, 6.45) is 1.68. The number of hydrazine groups is 1. The fourth-order valence-electron chi connectivity index (χ4n) is 2.21. The van der Waals surface area contributed by atoms with Crippen LogP contribution < -0.4 is 15.6 Å². The van der Waals surface area contributed by atoms with Crippen molar-refractivity contribution >= 4 is 23.9 Å². The zero-order chi connectivity index (χ0) is 20.4. The normalized spacial score (nSPS) is 11.5. The highest BCUT2D eigenvalue weighted by atomic mass is 16.5. The fourth-order valence-corrected chi connectivity index (χ4v) is 2.21. The first-order valence-electron chi connectivity index (χ1n) is 8.77. The molecule has 2 amide bonds. The van der Waals surface area contributed by atoms with Crippen LogP contribution in [-0.2, 0) is 14.3 Å². The van der Waals surface area contributed by atoms with Gasteiger partial charge in [-0.15, -0.1) is 0 Å². The van der Waals surface area contributed by atoms with Crippen molar-refractivity contribution in [3.63, 3.8) is 0 Å². The molecule has 0 bridgehead atoms. The Morgan fingerprint density at radius 1 is 1.00 bits per heavy atom. The van der Waals surface area contributed by atoms with Crippen LogP contribution in [0.3, 0.4) is 0 Å². The van der Waals surface area contributed by atoms with Crippen LogP contribution in [-0.4, -0.2) is 30.5 Å². The van der Waals surface area contributed by atoms with Gasteiger partial charge in [-0.1, -0.05) is 36.4 Å². The van der Waals surface area contributed by atoms with Crippen molar-refractivity contribution in [2.45, 2.75) is 20.0 Å². The molecular formula is C21H22N2O5. The van der Waals surface area contributed by atoms with Gasteiger partial charge in [0, 0.05) is 17.2 Å². The summed E-state index contributed by atoms with van der Waals surface area (Å²) in [5.74, 6) is -1.17. The van der Waals surface area contributed by atoms with Gasteiger partial charge in [0.15, 0.2) is 6.10 Å². The number of para-hydroxylation sites is 1. The van der Waals surface area contributed by atoms with E-state index < -0.39 is 23.9 Å². The molecule has 0 spiro atoms. The van der Waals surface area contributed by atoms with Gasteiger partial charge in [-0.05, 0) is 38.1 Å². The van der Waals surface area contributed by atoms with E-state index in [1.807, 2.05) is 19.1 Å². The molecular weight excluding hydrogens is 360 g/mol. The third-order valence-electron chi connectivity index (χ3n) is 3.62. The molecule has 0 fully saturated rings. The lowest BCUT2D eigenvalue weighted by molar-refractivity contribution is -0.150. The molecule has 0 radical (unpaired) electrons. The standard InChI is InChI=1S/C21H22N2O5/c1-3-27-18-12-8-7-9-16(18)13-14-19(24)28-15(2)20(25)22-23-21(26)17-10-5-4-6-11-17/h4-15H,3H2,1-2H3,(H,22,25)(H,23,26)/b14-13+/t15-/m0/s1. The lowest BCUT2D eigenvalue weighted by atomic mass is 10.2. The molecule has 0 saturated carbocycles. The molecule has 0 aliphatic carbocycles. The minimum Gasteiger partial charge on any atom is -0.493 e. The average molecular weight is 382 g/mol. The molecule has 2 aromatic carbocycles. The predicted molar refractivity (Wildman–Crippen MR) is 104 cm³/mol. The number of amides is 2. The number of rotatable bonds is 7. The third-order valence-corrected chi connectivity index (χ3v) is 3.62. The molecule has 28 heavy (non-hydrogen) atoms. The van der Waals surface area contributed by atoms with Crippen molar-refractivity contribution < 1.29 is 23.9 Å². The molecule has 0 aliphatic heterocycles. The fraction of sp³-hybridized carbons (Fsp3) is 0.190. The van der Waals surface area contributed by atoms with Crippen molar-refractivity contribution in [3.05, 3.63) is 71.8 Å². The molecule has 0 saturated heterocycles. The molecule has 2 rings (SSSR count). The van der Waals surface area contributed by atoms with Crippen LogP contribution >= 0.6 is 0 Å². The second kappa shape index (κ2) is 10.5. The number of esters is 1. The maximum atomic E-state index is 12.0. The largest absolute Gasteiger partial charge is 0.493 e. The van der Waals surface area contributed by atoms with E-state index in [9.17, 15) is 14.4 Å². The van der Waals surface area contributed by atoms with Crippen molar-refractivity contribution in [2.24, 2.45) is 0 Å². The maximum absolute atomic E-state index is 12.0. The Bertz CT molecular complexity index is 849. The van der Waals surface area contributed by atoms with Crippen LogP contribution in [0, 0.1) is 0 Å². The van der Waals surface area contributed by atoms with Gasteiger partial charge in [0.05, 0.1) is 6.61 Å². The maximum Gasteiger partial charge on any atom is 0.331 e. The highest BCUT2D eigenvalue weighted by molar-refractivity contribution is 5.96. The summed E-state index contributed by atoms with van der Waals surface area (Å²) in [6, 6.07) is 15.6. The first-order valence-corrected chi connectivity index (χ1v) is 8.77. The van der Waals surface area contributed by atoms with E-state index in [1.165, 1.54) is 13.0 Å². The number of nitrogens with one attached hydrogen (secondary N) is 2. The highest BCUT2D eigenvalue weighted by Gasteiger charge is 2.17. The van der Waals surface area contributed by atoms with Crippen LogP contribution in [0.25, 0.3) is 6.08 Å². The Hall–Kier alpha value is -3.61. The number of hydrogen-bond acceptors (Lipinski definition) is 5. The minimum absolute atomic E-state index is 0.392. The second-order valence-corrected chi connectivity index (χ2v) is 5.69. The number of ether oxygens (including phenoxy) is 2. The van der Waals surface area contributed by atoms with Crippen LogP contribution in [0.15, 0.2) is 60.7 Å². The first-order chi connectivity index (χ1) is 13.5. The smallest absolute Gasteiger partial charge is 0.331 e. The average Bonchev–Trinajstić information content (AvgIpc) is 2.72. The number of carbonyl (C=O) groups is 3. The molecule has 1 atom stereocenters. The molecule has 146 valence electrons. The van der Waals surface area contributed by atoms with Crippen molar-refractivity contribution in [1.82, 2.24) is 10.9 Å². The number of carbonyl (C=O) groups excluding carboxylic acids is 3. The Labute approximate surface area is 163 Å². The zero-order valence-corrected chi connectivity index (χ0v) is 15.7. The summed E-state index contributed by atoms with van der Waals surface area (Å²) in [7, 11) is 0. The molecule has 0 aromatic heterocycles. The Morgan fingerprint density at radius 2 is 1.68 bits per heavy atom. The van der Waals surface area contributed by atoms with Crippen molar-refractivity contribution in [3.8, 4) is 5.75 Å². The lowest BCUT2D eigenvalue weighted by Crippen LogP contribution is -2.46. The van der Waals surface area contributed by atoms with Gasteiger partial charge in [-0.3, -0.25) is 20.4 Å². The molecule has 7 heteroatoms. The quantitative estimate of drug-likeness (QED) is 0.436. The van der Waals surface area contributed by atoms with Crippen LogP contribution in [0.5, 0.6) is 5.75 Å². The molecule has 7 nitrogen and oxygen atoms in total. The van der Waals surface area contributed by atoms with E-state index in [0.717, 1.165) is 0 Å². The number of hydrogen-bond donors (Lipinski definition) is 2. The molecule has 2 N–H and O–H groups in total.